The average Bonchev–Trinajstić information content (AvgIpc) is 2.92. The Bertz CT molecular complexity index is 550. The molecule has 0 fully saturated rings. The van der Waals surface area contributed by atoms with Crippen LogP contribution in [0.25, 0.3) is 0 Å². The van der Waals surface area contributed by atoms with Gasteiger partial charge in [-0.05, 0) is 68.5 Å². The van der Waals surface area contributed by atoms with Crippen molar-refractivity contribution in [3.63, 3.8) is 0 Å². The molecule has 0 saturated heterocycles. The monoisotopic (exact) mass is 287 g/mol. The summed E-state index contributed by atoms with van der Waals surface area (Å²) in [6, 6.07) is 10.9. The Balaban J connectivity index is 1.71. The molecule has 0 radical (unpaired) electrons. The molecule has 1 aromatic heterocycles. The average molecular weight is 287 g/mol. The summed E-state index contributed by atoms with van der Waals surface area (Å²) in [6.45, 7) is 2.24. The number of hydrogen-bond acceptors (Lipinski definition) is 3. The fourth-order valence-electron chi connectivity index (χ4n) is 2.74. The van der Waals surface area contributed by atoms with Crippen LogP contribution in [0.1, 0.15) is 41.1 Å². The third kappa shape index (κ3) is 2.83. The number of fused-ring (bicyclic) bond motifs is 1. The van der Waals surface area contributed by atoms with Gasteiger partial charge in [0.1, 0.15) is 5.75 Å². The van der Waals surface area contributed by atoms with Crippen molar-refractivity contribution in [2.24, 2.45) is 0 Å². The molecule has 106 valence electrons. The van der Waals surface area contributed by atoms with Crippen molar-refractivity contribution < 1.29 is 4.74 Å². The van der Waals surface area contributed by atoms with E-state index < -0.39 is 0 Å². The quantitative estimate of drug-likeness (QED) is 0.871. The molecule has 1 N–H and O–H groups in total. The molecule has 1 aliphatic rings. The van der Waals surface area contributed by atoms with Crippen LogP contribution >= 0.6 is 11.3 Å². The maximum Gasteiger partial charge on any atom is 0.119 e. The Morgan fingerprint density at radius 2 is 1.90 bits per heavy atom. The van der Waals surface area contributed by atoms with E-state index in [1.807, 2.05) is 23.5 Å². The molecule has 0 aliphatic heterocycles. The molecule has 1 atom stereocenters. The number of benzene rings is 1. The number of ether oxygens (including phenoxy) is 1. The predicted octanol–water partition coefficient (Wildman–Crippen LogP) is 4.81. The summed E-state index contributed by atoms with van der Waals surface area (Å²) in [4.78, 5) is 3.06. The molecule has 1 unspecified atom stereocenters. The van der Waals surface area contributed by atoms with Crippen LogP contribution in [-0.4, -0.2) is 7.11 Å². The molecule has 2 nitrogen and oxygen atoms in total. The zero-order chi connectivity index (χ0) is 13.9. The topological polar surface area (TPSA) is 21.3 Å². The first kappa shape index (κ1) is 13.5. The summed E-state index contributed by atoms with van der Waals surface area (Å²) in [6.07, 6.45) is 5.24. The van der Waals surface area contributed by atoms with Gasteiger partial charge in [-0.15, -0.1) is 11.3 Å². The van der Waals surface area contributed by atoms with Gasteiger partial charge in [-0.1, -0.05) is 0 Å². The maximum absolute atomic E-state index is 5.19. The largest absolute Gasteiger partial charge is 0.497 e. The number of nitrogens with one attached hydrogen (secondary N) is 1. The highest BCUT2D eigenvalue weighted by Gasteiger charge is 2.16. The van der Waals surface area contributed by atoms with Crippen LogP contribution < -0.4 is 10.1 Å². The number of aryl methyl sites for hydroxylation is 2. The number of methoxy groups -OCH3 is 1. The number of rotatable bonds is 4. The first-order valence-corrected chi connectivity index (χ1v) is 8.10. The van der Waals surface area contributed by atoms with Crippen molar-refractivity contribution in [2.45, 2.75) is 38.6 Å². The molecule has 3 heteroatoms. The van der Waals surface area contributed by atoms with Crippen molar-refractivity contribution in [2.75, 3.05) is 12.4 Å². The first-order chi connectivity index (χ1) is 9.76. The second-order valence-corrected chi connectivity index (χ2v) is 6.57. The van der Waals surface area contributed by atoms with Gasteiger partial charge in [0.15, 0.2) is 0 Å². The van der Waals surface area contributed by atoms with E-state index in [1.54, 1.807) is 17.6 Å². The molecular weight excluding hydrogens is 266 g/mol. The van der Waals surface area contributed by atoms with E-state index >= 15 is 0 Å². The van der Waals surface area contributed by atoms with E-state index in [0.717, 1.165) is 11.4 Å². The van der Waals surface area contributed by atoms with Crippen LogP contribution in [0.2, 0.25) is 0 Å². The highest BCUT2D eigenvalue weighted by Crippen LogP contribution is 2.34. The van der Waals surface area contributed by atoms with Crippen molar-refractivity contribution in [1.29, 1.82) is 0 Å². The van der Waals surface area contributed by atoms with Crippen LogP contribution in [0, 0.1) is 0 Å². The Morgan fingerprint density at radius 3 is 2.60 bits per heavy atom. The molecule has 1 heterocycles. The summed E-state index contributed by atoms with van der Waals surface area (Å²) in [7, 11) is 1.70. The van der Waals surface area contributed by atoms with E-state index in [1.165, 1.54) is 30.6 Å². The zero-order valence-corrected chi connectivity index (χ0v) is 12.9. The van der Waals surface area contributed by atoms with Crippen LogP contribution in [0.3, 0.4) is 0 Å². The molecule has 2 aromatic rings. The lowest BCUT2D eigenvalue weighted by molar-refractivity contribution is 0.415. The molecule has 0 bridgehead atoms. The van der Waals surface area contributed by atoms with Crippen molar-refractivity contribution in [3.8, 4) is 5.75 Å². The van der Waals surface area contributed by atoms with E-state index in [0.29, 0.717) is 6.04 Å². The molecular formula is C17H21NOS. The SMILES string of the molecule is COc1ccc(NC(C)c2cc3c(s2)CCCC3)cc1. The van der Waals surface area contributed by atoms with E-state index in [9.17, 15) is 0 Å². The molecule has 3 rings (SSSR count). The maximum atomic E-state index is 5.19. The minimum atomic E-state index is 0.360. The van der Waals surface area contributed by atoms with Gasteiger partial charge in [-0.25, -0.2) is 0 Å². The fourth-order valence-corrected chi connectivity index (χ4v) is 4.00. The third-order valence-corrected chi connectivity index (χ3v) is 5.34. The van der Waals surface area contributed by atoms with Gasteiger partial charge in [0.2, 0.25) is 0 Å². The van der Waals surface area contributed by atoms with Crippen molar-refractivity contribution in [3.05, 3.63) is 45.6 Å². The molecule has 20 heavy (non-hydrogen) atoms. The minimum Gasteiger partial charge on any atom is -0.497 e. The van der Waals surface area contributed by atoms with Crippen LogP contribution in [-0.2, 0) is 12.8 Å². The van der Waals surface area contributed by atoms with E-state index in [4.69, 9.17) is 4.74 Å². The summed E-state index contributed by atoms with van der Waals surface area (Å²) >= 11 is 1.98. The lowest BCUT2D eigenvalue weighted by Gasteiger charge is -2.14. The fraction of sp³-hybridized carbons (Fsp3) is 0.412. The molecule has 1 aromatic carbocycles. The smallest absolute Gasteiger partial charge is 0.119 e. The Labute approximate surface area is 124 Å². The second-order valence-electron chi connectivity index (χ2n) is 5.40. The van der Waals surface area contributed by atoms with Gasteiger partial charge in [0, 0.05) is 15.4 Å². The standard InChI is InChI=1S/C17H21NOS/c1-12(18-14-7-9-15(19-2)10-8-14)17-11-13-5-3-4-6-16(13)20-17/h7-12,18H,3-6H2,1-2H3. The predicted molar refractivity (Wildman–Crippen MR) is 86.0 cm³/mol. The highest BCUT2D eigenvalue weighted by atomic mass is 32.1. The lowest BCUT2D eigenvalue weighted by atomic mass is 9.99. The van der Waals surface area contributed by atoms with Gasteiger partial charge in [-0.3, -0.25) is 0 Å². The van der Waals surface area contributed by atoms with Gasteiger partial charge in [0.05, 0.1) is 13.2 Å². The van der Waals surface area contributed by atoms with E-state index in [2.05, 4.69) is 30.4 Å². The van der Waals surface area contributed by atoms with Gasteiger partial charge < -0.3 is 10.1 Å². The Hall–Kier alpha value is -1.48. The first-order valence-electron chi connectivity index (χ1n) is 7.28. The summed E-state index contributed by atoms with van der Waals surface area (Å²) in [5.74, 6) is 0.898. The normalized spacial score (nSPS) is 15.5. The summed E-state index contributed by atoms with van der Waals surface area (Å²) in [5.41, 5.74) is 2.73. The minimum absolute atomic E-state index is 0.360. The van der Waals surface area contributed by atoms with Crippen LogP contribution in [0.15, 0.2) is 30.3 Å². The van der Waals surface area contributed by atoms with Gasteiger partial charge in [0.25, 0.3) is 0 Å². The number of thiophene rings is 1. The summed E-state index contributed by atoms with van der Waals surface area (Å²) in [5, 5.41) is 3.57. The molecule has 0 saturated carbocycles. The molecule has 0 amide bonds. The van der Waals surface area contributed by atoms with Gasteiger partial charge >= 0.3 is 0 Å². The molecule has 0 spiro atoms. The van der Waals surface area contributed by atoms with Crippen molar-refractivity contribution >= 4 is 17.0 Å². The third-order valence-electron chi connectivity index (χ3n) is 3.92. The van der Waals surface area contributed by atoms with Crippen LogP contribution in [0.5, 0.6) is 5.75 Å². The van der Waals surface area contributed by atoms with Crippen LogP contribution in [0.4, 0.5) is 5.69 Å². The number of anilines is 1. The lowest BCUT2D eigenvalue weighted by Crippen LogP contribution is -2.04. The zero-order valence-electron chi connectivity index (χ0n) is 12.1. The van der Waals surface area contributed by atoms with Gasteiger partial charge in [-0.2, -0.15) is 0 Å². The number of hydrogen-bond donors (Lipinski definition) is 1. The molecule has 1 aliphatic carbocycles. The Morgan fingerprint density at radius 1 is 1.15 bits per heavy atom. The summed E-state index contributed by atoms with van der Waals surface area (Å²) < 4.78 is 5.19. The van der Waals surface area contributed by atoms with Crippen molar-refractivity contribution in [1.82, 2.24) is 0 Å². The highest BCUT2D eigenvalue weighted by molar-refractivity contribution is 7.12. The second kappa shape index (κ2) is 5.88. The van der Waals surface area contributed by atoms with E-state index in [-0.39, 0.29) is 0 Å². The Kier molecular flexibility index (Phi) is 3.97.